The summed E-state index contributed by atoms with van der Waals surface area (Å²) in [7, 11) is 0. The van der Waals surface area contributed by atoms with E-state index in [-0.39, 0.29) is 17.9 Å². The molecule has 0 fully saturated rings. The molecular formula is C12H21F3N2O3. The fourth-order valence-electron chi connectivity index (χ4n) is 1.03. The Balaban J connectivity index is 4.79. The van der Waals surface area contributed by atoms with Crippen LogP contribution in [0.25, 0.3) is 0 Å². The summed E-state index contributed by atoms with van der Waals surface area (Å²) in [5.74, 6) is -1.97. The number of carbonyl (C=O) groups excluding carboxylic acids is 1. The second-order valence-electron chi connectivity index (χ2n) is 5.88. The molecule has 0 rings (SSSR count). The first-order valence-corrected chi connectivity index (χ1v) is 6.10. The molecule has 2 amide bonds. The van der Waals surface area contributed by atoms with Gasteiger partial charge in [-0.05, 0) is 18.3 Å². The first kappa shape index (κ1) is 18.5. The molecule has 5 nitrogen and oxygen atoms in total. The van der Waals surface area contributed by atoms with Crippen molar-refractivity contribution in [1.29, 1.82) is 0 Å². The quantitative estimate of drug-likeness (QED) is 0.729. The van der Waals surface area contributed by atoms with Crippen molar-refractivity contribution in [1.82, 2.24) is 10.6 Å². The van der Waals surface area contributed by atoms with Crippen molar-refractivity contribution in [2.24, 2.45) is 11.3 Å². The molecule has 0 saturated carbocycles. The largest absolute Gasteiger partial charge is 0.479 e. The molecule has 0 aliphatic carbocycles. The van der Waals surface area contributed by atoms with Gasteiger partial charge in [0, 0.05) is 6.54 Å². The van der Waals surface area contributed by atoms with Crippen molar-refractivity contribution in [2.75, 3.05) is 6.54 Å². The number of carboxylic acids is 1. The number of hydrogen-bond donors (Lipinski definition) is 3. The summed E-state index contributed by atoms with van der Waals surface area (Å²) in [6, 6.07) is -1.17. The highest BCUT2D eigenvalue weighted by atomic mass is 19.4. The van der Waals surface area contributed by atoms with Gasteiger partial charge in [0.1, 0.15) is 0 Å². The summed E-state index contributed by atoms with van der Waals surface area (Å²) in [5, 5.41) is 12.4. The van der Waals surface area contributed by atoms with Crippen LogP contribution in [-0.4, -0.2) is 35.4 Å². The summed E-state index contributed by atoms with van der Waals surface area (Å²) in [5.41, 5.74) is -3.64. The topological polar surface area (TPSA) is 78.4 Å². The maximum Gasteiger partial charge on any atom is 0.422 e. The second-order valence-corrected chi connectivity index (χ2v) is 5.88. The highest BCUT2D eigenvalue weighted by Gasteiger charge is 2.58. The van der Waals surface area contributed by atoms with E-state index in [0.717, 1.165) is 0 Å². The fourth-order valence-corrected chi connectivity index (χ4v) is 1.03. The van der Waals surface area contributed by atoms with Gasteiger partial charge in [-0.15, -0.1) is 0 Å². The molecular weight excluding hydrogens is 277 g/mol. The molecule has 1 atom stereocenters. The Kier molecular flexibility index (Phi) is 5.45. The Labute approximate surface area is 115 Å². The zero-order valence-corrected chi connectivity index (χ0v) is 12.2. The van der Waals surface area contributed by atoms with Gasteiger partial charge < -0.3 is 15.7 Å². The van der Waals surface area contributed by atoms with Gasteiger partial charge in [-0.1, -0.05) is 27.7 Å². The van der Waals surface area contributed by atoms with Crippen LogP contribution in [-0.2, 0) is 4.79 Å². The van der Waals surface area contributed by atoms with Gasteiger partial charge in [-0.2, -0.15) is 13.2 Å². The normalized spacial score (nSPS) is 15.7. The van der Waals surface area contributed by atoms with Crippen molar-refractivity contribution >= 4 is 12.0 Å². The molecule has 0 aromatic carbocycles. The maximum atomic E-state index is 12.7. The molecule has 0 aromatic heterocycles. The van der Waals surface area contributed by atoms with Crippen LogP contribution in [0.3, 0.4) is 0 Å². The van der Waals surface area contributed by atoms with E-state index in [4.69, 9.17) is 5.11 Å². The Morgan fingerprint density at radius 3 is 1.90 bits per heavy atom. The van der Waals surface area contributed by atoms with Gasteiger partial charge in [-0.25, -0.2) is 9.59 Å². The molecule has 1 unspecified atom stereocenters. The monoisotopic (exact) mass is 298 g/mol. The van der Waals surface area contributed by atoms with Gasteiger partial charge in [-0.3, -0.25) is 0 Å². The van der Waals surface area contributed by atoms with E-state index in [2.05, 4.69) is 5.32 Å². The van der Waals surface area contributed by atoms with E-state index in [1.807, 2.05) is 27.7 Å². The number of alkyl halides is 3. The number of carboxylic acid groups (broad SMARTS) is 1. The standard InChI is InChI=1S/C12H21F3N2O3/c1-7(2)10(3,4)6-16-9(20)17-11(5,8(18)19)12(13,14)15/h7H,6H2,1-5H3,(H,18,19)(H2,16,17,20). The molecule has 0 heterocycles. The summed E-state index contributed by atoms with van der Waals surface area (Å²) in [6.45, 7) is 8.05. The minimum Gasteiger partial charge on any atom is -0.479 e. The SMILES string of the molecule is CC(C)C(C)(C)CNC(=O)NC(C)(C(=O)O)C(F)(F)F. The third-order valence-electron chi connectivity index (χ3n) is 3.63. The molecule has 3 N–H and O–H groups in total. The van der Waals surface area contributed by atoms with Crippen LogP contribution in [0.15, 0.2) is 0 Å². The van der Waals surface area contributed by atoms with E-state index in [1.54, 1.807) is 0 Å². The number of halogens is 3. The summed E-state index contributed by atoms with van der Waals surface area (Å²) < 4.78 is 38.1. The highest BCUT2D eigenvalue weighted by Crippen LogP contribution is 2.30. The van der Waals surface area contributed by atoms with Crippen LogP contribution in [0.1, 0.15) is 34.6 Å². The van der Waals surface area contributed by atoms with Crippen LogP contribution in [0.5, 0.6) is 0 Å². The van der Waals surface area contributed by atoms with E-state index in [0.29, 0.717) is 6.92 Å². The van der Waals surface area contributed by atoms with Gasteiger partial charge in [0.15, 0.2) is 0 Å². The predicted molar refractivity (Wildman–Crippen MR) is 67.2 cm³/mol. The zero-order valence-electron chi connectivity index (χ0n) is 12.2. The molecule has 0 aliphatic heterocycles. The van der Waals surface area contributed by atoms with Gasteiger partial charge in [0.25, 0.3) is 0 Å². The maximum absolute atomic E-state index is 12.7. The van der Waals surface area contributed by atoms with E-state index in [1.165, 1.54) is 5.32 Å². The number of hydrogen-bond acceptors (Lipinski definition) is 2. The Hall–Kier alpha value is -1.47. The smallest absolute Gasteiger partial charge is 0.422 e. The minimum absolute atomic E-state index is 0.129. The summed E-state index contributed by atoms with van der Waals surface area (Å²) in [4.78, 5) is 22.2. The van der Waals surface area contributed by atoms with Gasteiger partial charge >= 0.3 is 18.2 Å². The molecule has 8 heteroatoms. The predicted octanol–water partition coefficient (Wildman–Crippen LogP) is 2.37. The Morgan fingerprint density at radius 2 is 1.60 bits per heavy atom. The van der Waals surface area contributed by atoms with Crippen LogP contribution in [0, 0.1) is 11.3 Å². The first-order valence-electron chi connectivity index (χ1n) is 6.10. The third-order valence-corrected chi connectivity index (χ3v) is 3.63. The summed E-state index contributed by atoms with van der Waals surface area (Å²) in [6.07, 6.45) is -5.09. The molecule has 0 radical (unpaired) electrons. The molecule has 0 aromatic rings. The van der Waals surface area contributed by atoms with Crippen LogP contribution < -0.4 is 10.6 Å². The lowest BCUT2D eigenvalue weighted by molar-refractivity contribution is -0.203. The average Bonchev–Trinajstić information content (AvgIpc) is 2.24. The lowest BCUT2D eigenvalue weighted by Crippen LogP contribution is -2.64. The highest BCUT2D eigenvalue weighted by molar-refractivity contribution is 5.86. The van der Waals surface area contributed by atoms with E-state index < -0.39 is 23.7 Å². The van der Waals surface area contributed by atoms with Gasteiger partial charge in [0.2, 0.25) is 5.54 Å². The van der Waals surface area contributed by atoms with Crippen molar-refractivity contribution in [3.63, 3.8) is 0 Å². The van der Waals surface area contributed by atoms with Crippen molar-refractivity contribution in [2.45, 2.75) is 46.3 Å². The number of rotatable bonds is 5. The number of nitrogens with one attached hydrogen (secondary N) is 2. The summed E-state index contributed by atoms with van der Waals surface area (Å²) >= 11 is 0. The lowest BCUT2D eigenvalue weighted by atomic mass is 9.81. The first-order chi connectivity index (χ1) is 8.74. The molecule has 0 aliphatic rings. The van der Waals surface area contributed by atoms with E-state index in [9.17, 15) is 22.8 Å². The van der Waals surface area contributed by atoms with Crippen LogP contribution in [0.2, 0.25) is 0 Å². The van der Waals surface area contributed by atoms with Gasteiger partial charge in [0.05, 0.1) is 0 Å². The number of carbonyl (C=O) groups is 2. The lowest BCUT2D eigenvalue weighted by Gasteiger charge is -2.32. The van der Waals surface area contributed by atoms with Crippen molar-refractivity contribution < 1.29 is 27.9 Å². The van der Waals surface area contributed by atoms with Crippen molar-refractivity contribution in [3.05, 3.63) is 0 Å². The zero-order chi connectivity index (χ0) is 16.4. The average molecular weight is 298 g/mol. The van der Waals surface area contributed by atoms with Crippen LogP contribution in [0.4, 0.5) is 18.0 Å². The van der Waals surface area contributed by atoms with Crippen LogP contribution >= 0.6 is 0 Å². The fraction of sp³-hybridized carbons (Fsp3) is 0.833. The number of urea groups is 1. The van der Waals surface area contributed by atoms with Crippen molar-refractivity contribution in [3.8, 4) is 0 Å². The molecule has 118 valence electrons. The Bertz CT molecular complexity index is 381. The minimum atomic E-state index is -5.09. The second kappa shape index (κ2) is 5.88. The number of amides is 2. The molecule has 0 spiro atoms. The molecule has 20 heavy (non-hydrogen) atoms. The molecule has 0 saturated heterocycles. The number of aliphatic carboxylic acids is 1. The molecule has 0 bridgehead atoms. The third kappa shape index (κ3) is 4.28. The Morgan fingerprint density at radius 1 is 1.15 bits per heavy atom. The van der Waals surface area contributed by atoms with E-state index >= 15 is 0 Å².